The van der Waals surface area contributed by atoms with Crippen LogP contribution in [0.25, 0.3) is 6.08 Å². The average molecular weight is 335 g/mol. The standard InChI is InChI=1S/C18H18N2.2ClH/c1-20-14-13-19-17(16-9-5-6-10-18(16)20)12-11-15-7-3-2-4-8-15;;/h2-12H,13-14H2,1H3;2*1H/b12-11+;;. The number of benzodiazepines with no additional fused rings is 1. The Bertz CT molecular complexity index is 651. The molecule has 0 atom stereocenters. The average Bonchev–Trinajstić information content (AvgIpc) is 2.66. The summed E-state index contributed by atoms with van der Waals surface area (Å²) in [4.78, 5) is 6.98. The van der Waals surface area contributed by atoms with Crippen LogP contribution < -0.4 is 4.90 Å². The van der Waals surface area contributed by atoms with Gasteiger partial charge in [0.2, 0.25) is 0 Å². The quantitative estimate of drug-likeness (QED) is 0.790. The van der Waals surface area contributed by atoms with Crippen molar-refractivity contribution in [3.63, 3.8) is 0 Å². The molecule has 4 heteroatoms. The van der Waals surface area contributed by atoms with Crippen LogP contribution >= 0.6 is 24.8 Å². The Morgan fingerprint density at radius 3 is 2.36 bits per heavy atom. The van der Waals surface area contributed by atoms with Gasteiger partial charge in [0.05, 0.1) is 12.3 Å². The van der Waals surface area contributed by atoms with Gasteiger partial charge in [0.25, 0.3) is 0 Å². The summed E-state index contributed by atoms with van der Waals surface area (Å²) < 4.78 is 0. The third-order valence-corrected chi connectivity index (χ3v) is 3.54. The van der Waals surface area contributed by atoms with Gasteiger partial charge in [0.15, 0.2) is 0 Å². The van der Waals surface area contributed by atoms with E-state index in [1.807, 2.05) is 6.07 Å². The second kappa shape index (κ2) is 8.62. The van der Waals surface area contributed by atoms with Crippen LogP contribution in [0.4, 0.5) is 5.69 Å². The van der Waals surface area contributed by atoms with Gasteiger partial charge < -0.3 is 4.90 Å². The molecule has 0 aromatic heterocycles. The van der Waals surface area contributed by atoms with E-state index in [2.05, 4.69) is 72.6 Å². The van der Waals surface area contributed by atoms with E-state index < -0.39 is 0 Å². The van der Waals surface area contributed by atoms with Gasteiger partial charge in [-0.2, -0.15) is 0 Å². The fourth-order valence-electron chi connectivity index (χ4n) is 2.43. The van der Waals surface area contributed by atoms with Gasteiger partial charge in [-0.3, -0.25) is 4.99 Å². The van der Waals surface area contributed by atoms with E-state index in [0.717, 1.165) is 18.8 Å². The predicted molar refractivity (Wildman–Crippen MR) is 101 cm³/mol. The molecule has 2 aromatic rings. The van der Waals surface area contributed by atoms with Crippen molar-refractivity contribution in [2.24, 2.45) is 4.99 Å². The number of fused-ring (bicyclic) bond motifs is 1. The smallest absolute Gasteiger partial charge is 0.0668 e. The maximum absolute atomic E-state index is 4.72. The summed E-state index contributed by atoms with van der Waals surface area (Å²) in [5, 5.41) is 0. The number of likely N-dealkylation sites (N-methyl/N-ethyl adjacent to an activating group) is 1. The van der Waals surface area contributed by atoms with Crippen molar-refractivity contribution in [3.05, 3.63) is 71.8 Å². The van der Waals surface area contributed by atoms with Crippen molar-refractivity contribution >= 4 is 42.3 Å². The highest BCUT2D eigenvalue weighted by Gasteiger charge is 2.13. The summed E-state index contributed by atoms with van der Waals surface area (Å²) in [5.74, 6) is 0. The van der Waals surface area contributed by atoms with Gasteiger partial charge in [-0.15, -0.1) is 24.8 Å². The van der Waals surface area contributed by atoms with Gasteiger partial charge in [0.1, 0.15) is 0 Å². The van der Waals surface area contributed by atoms with Crippen molar-refractivity contribution in [1.82, 2.24) is 0 Å². The number of aliphatic imine (C=N–C) groups is 1. The minimum Gasteiger partial charge on any atom is -0.372 e. The molecule has 0 bridgehead atoms. The zero-order valence-corrected chi connectivity index (χ0v) is 14.1. The lowest BCUT2D eigenvalue weighted by Crippen LogP contribution is -2.20. The predicted octanol–water partition coefficient (Wildman–Crippen LogP) is 4.48. The van der Waals surface area contributed by atoms with Gasteiger partial charge in [-0.25, -0.2) is 0 Å². The number of halogens is 2. The van der Waals surface area contributed by atoms with Crippen LogP contribution in [0, 0.1) is 0 Å². The molecule has 2 aromatic carbocycles. The zero-order chi connectivity index (χ0) is 13.8. The molecule has 0 saturated heterocycles. The van der Waals surface area contributed by atoms with E-state index in [0.29, 0.717) is 0 Å². The van der Waals surface area contributed by atoms with E-state index in [1.165, 1.54) is 16.8 Å². The molecule has 0 saturated carbocycles. The third-order valence-electron chi connectivity index (χ3n) is 3.54. The fourth-order valence-corrected chi connectivity index (χ4v) is 2.43. The molecule has 0 fully saturated rings. The molecule has 1 aliphatic rings. The Balaban J connectivity index is 0.00000121. The summed E-state index contributed by atoms with van der Waals surface area (Å²) in [7, 11) is 2.12. The third kappa shape index (κ3) is 4.12. The summed E-state index contributed by atoms with van der Waals surface area (Å²) in [5.41, 5.74) is 4.72. The highest BCUT2D eigenvalue weighted by atomic mass is 35.5. The van der Waals surface area contributed by atoms with E-state index in [1.54, 1.807) is 0 Å². The van der Waals surface area contributed by atoms with Crippen LogP contribution in [-0.2, 0) is 0 Å². The molecule has 0 aliphatic carbocycles. The number of benzene rings is 2. The highest BCUT2D eigenvalue weighted by Crippen LogP contribution is 2.22. The molecular formula is C18H20Cl2N2. The van der Waals surface area contributed by atoms with Crippen LogP contribution in [0.5, 0.6) is 0 Å². The molecule has 2 nitrogen and oxygen atoms in total. The number of hydrogen-bond acceptors (Lipinski definition) is 2. The summed E-state index contributed by atoms with van der Waals surface area (Å²) >= 11 is 0. The molecule has 0 unspecified atom stereocenters. The van der Waals surface area contributed by atoms with Crippen molar-refractivity contribution in [2.45, 2.75) is 0 Å². The number of hydrogen-bond donors (Lipinski definition) is 0. The minimum absolute atomic E-state index is 0. The second-order valence-corrected chi connectivity index (χ2v) is 4.95. The summed E-state index contributed by atoms with van der Waals surface area (Å²) in [6, 6.07) is 18.8. The zero-order valence-electron chi connectivity index (χ0n) is 12.5. The number of para-hydroxylation sites is 1. The fraction of sp³-hybridized carbons (Fsp3) is 0.167. The maximum Gasteiger partial charge on any atom is 0.0668 e. The van der Waals surface area contributed by atoms with Crippen molar-refractivity contribution in [1.29, 1.82) is 0 Å². The lowest BCUT2D eigenvalue weighted by atomic mass is 10.1. The van der Waals surface area contributed by atoms with Crippen LogP contribution in [0.2, 0.25) is 0 Å². The van der Waals surface area contributed by atoms with Crippen LogP contribution in [0.15, 0.2) is 65.7 Å². The van der Waals surface area contributed by atoms with E-state index in [9.17, 15) is 0 Å². The van der Waals surface area contributed by atoms with Crippen molar-refractivity contribution in [3.8, 4) is 0 Å². The first-order chi connectivity index (χ1) is 9.84. The molecule has 0 amide bonds. The first kappa shape index (κ1) is 18.3. The first-order valence-electron chi connectivity index (χ1n) is 6.93. The Kier molecular flexibility index (Phi) is 7.16. The maximum atomic E-state index is 4.72. The highest BCUT2D eigenvalue weighted by molar-refractivity contribution is 6.14. The Morgan fingerprint density at radius 1 is 0.909 bits per heavy atom. The van der Waals surface area contributed by atoms with Gasteiger partial charge in [-0.05, 0) is 17.7 Å². The van der Waals surface area contributed by atoms with Crippen LogP contribution in [0.3, 0.4) is 0 Å². The Hall–Kier alpha value is -1.77. The molecule has 0 N–H and O–H groups in total. The SMILES string of the molecule is CN1CCN=C(/C=C/c2ccccc2)c2ccccc21.Cl.Cl. The van der Waals surface area contributed by atoms with Gasteiger partial charge in [-0.1, -0.05) is 54.6 Å². The lowest BCUT2D eigenvalue weighted by molar-refractivity contribution is 0.897. The number of anilines is 1. The Morgan fingerprint density at radius 2 is 1.59 bits per heavy atom. The Labute approximate surface area is 144 Å². The van der Waals surface area contributed by atoms with Crippen molar-refractivity contribution in [2.75, 3.05) is 25.0 Å². The monoisotopic (exact) mass is 334 g/mol. The van der Waals surface area contributed by atoms with Crippen molar-refractivity contribution < 1.29 is 0 Å². The largest absolute Gasteiger partial charge is 0.372 e. The van der Waals surface area contributed by atoms with E-state index >= 15 is 0 Å². The second-order valence-electron chi connectivity index (χ2n) is 4.95. The summed E-state index contributed by atoms with van der Waals surface area (Å²) in [6.07, 6.45) is 4.24. The number of nitrogens with zero attached hydrogens (tertiary/aromatic N) is 2. The summed E-state index contributed by atoms with van der Waals surface area (Å²) in [6.45, 7) is 1.79. The molecule has 116 valence electrons. The molecular weight excluding hydrogens is 315 g/mol. The first-order valence-corrected chi connectivity index (χ1v) is 6.93. The van der Waals surface area contributed by atoms with E-state index in [-0.39, 0.29) is 24.8 Å². The van der Waals surface area contributed by atoms with Crippen LogP contribution in [0.1, 0.15) is 11.1 Å². The lowest BCUT2D eigenvalue weighted by Gasteiger charge is -2.18. The number of rotatable bonds is 2. The molecule has 0 radical (unpaired) electrons. The topological polar surface area (TPSA) is 15.6 Å². The minimum atomic E-state index is 0. The number of allylic oxidation sites excluding steroid dienone is 1. The molecule has 22 heavy (non-hydrogen) atoms. The molecule has 0 spiro atoms. The van der Waals surface area contributed by atoms with E-state index in [4.69, 9.17) is 4.99 Å². The van der Waals surface area contributed by atoms with Gasteiger partial charge in [0, 0.05) is 24.8 Å². The normalized spacial score (nSPS) is 13.5. The van der Waals surface area contributed by atoms with Crippen LogP contribution in [-0.4, -0.2) is 25.8 Å². The van der Waals surface area contributed by atoms with Gasteiger partial charge >= 0.3 is 0 Å². The molecule has 1 heterocycles. The molecule has 3 rings (SSSR count). The molecule has 1 aliphatic heterocycles.